The van der Waals surface area contributed by atoms with Crippen LogP contribution in [0.5, 0.6) is 0 Å². The molecule has 0 radical (unpaired) electrons. The molecule has 78 valence electrons. The summed E-state index contributed by atoms with van der Waals surface area (Å²) in [4.78, 5) is 15.3. The van der Waals surface area contributed by atoms with Crippen LogP contribution in [0.1, 0.15) is 10.5 Å². The Kier molecular flexibility index (Phi) is 2.64. The Morgan fingerprint density at radius 2 is 2.33 bits per heavy atom. The Bertz CT molecular complexity index is 533. The van der Waals surface area contributed by atoms with E-state index < -0.39 is 5.97 Å². The molecule has 2 aromatic heterocycles. The second-order valence-corrected chi connectivity index (χ2v) is 4.33. The van der Waals surface area contributed by atoms with E-state index in [1.165, 1.54) is 7.11 Å². The van der Waals surface area contributed by atoms with Gasteiger partial charge in [0.2, 0.25) is 0 Å². The molecule has 0 fully saturated rings. The number of rotatable bonds is 1. The SMILES string of the molecule is COC(=O)c1cc2c(cn1)c(I)cn2C. The van der Waals surface area contributed by atoms with Gasteiger partial charge in [0.05, 0.1) is 12.6 Å². The molecule has 0 bridgehead atoms. The second-order valence-electron chi connectivity index (χ2n) is 3.17. The van der Waals surface area contributed by atoms with Crippen molar-refractivity contribution in [3.8, 4) is 0 Å². The van der Waals surface area contributed by atoms with E-state index in [0.29, 0.717) is 5.69 Å². The molecule has 0 saturated heterocycles. The van der Waals surface area contributed by atoms with Gasteiger partial charge in [-0.2, -0.15) is 0 Å². The fraction of sp³-hybridized carbons (Fsp3) is 0.200. The molecule has 2 heterocycles. The zero-order valence-electron chi connectivity index (χ0n) is 8.32. The minimum atomic E-state index is -0.409. The molecule has 2 aromatic rings. The van der Waals surface area contributed by atoms with Crippen LogP contribution in [0.4, 0.5) is 0 Å². The lowest BCUT2D eigenvalue weighted by Gasteiger charge is -1.99. The average Bonchev–Trinajstić information content (AvgIpc) is 2.53. The van der Waals surface area contributed by atoms with Crippen LogP contribution in [0, 0.1) is 3.57 Å². The van der Waals surface area contributed by atoms with Gasteiger partial charge in [0.1, 0.15) is 5.69 Å². The van der Waals surface area contributed by atoms with Crippen LogP contribution in [0.2, 0.25) is 0 Å². The Balaban J connectivity index is 2.65. The number of carbonyl (C=O) groups is 1. The minimum absolute atomic E-state index is 0.336. The smallest absolute Gasteiger partial charge is 0.356 e. The van der Waals surface area contributed by atoms with Crippen molar-refractivity contribution in [1.82, 2.24) is 9.55 Å². The molecule has 0 aromatic carbocycles. The fourth-order valence-corrected chi connectivity index (χ4v) is 2.28. The van der Waals surface area contributed by atoms with Gasteiger partial charge in [0, 0.05) is 28.4 Å². The number of methoxy groups -OCH3 is 1. The van der Waals surface area contributed by atoms with Crippen molar-refractivity contribution in [1.29, 1.82) is 0 Å². The van der Waals surface area contributed by atoms with Gasteiger partial charge in [-0.05, 0) is 28.7 Å². The van der Waals surface area contributed by atoms with Gasteiger partial charge in [-0.25, -0.2) is 9.78 Å². The number of hydrogen-bond acceptors (Lipinski definition) is 3. The maximum Gasteiger partial charge on any atom is 0.356 e. The maximum absolute atomic E-state index is 11.3. The molecule has 0 atom stereocenters. The molecule has 2 rings (SSSR count). The van der Waals surface area contributed by atoms with Crippen molar-refractivity contribution in [2.45, 2.75) is 0 Å². The van der Waals surface area contributed by atoms with Crippen molar-refractivity contribution in [2.24, 2.45) is 7.05 Å². The Morgan fingerprint density at radius 1 is 1.60 bits per heavy atom. The summed E-state index contributed by atoms with van der Waals surface area (Å²) in [6.07, 6.45) is 3.69. The molecule has 0 spiro atoms. The lowest BCUT2D eigenvalue weighted by Crippen LogP contribution is -2.04. The van der Waals surface area contributed by atoms with Gasteiger partial charge >= 0.3 is 5.97 Å². The number of pyridine rings is 1. The lowest BCUT2D eigenvalue weighted by molar-refractivity contribution is 0.0594. The van der Waals surface area contributed by atoms with E-state index in [2.05, 4.69) is 32.3 Å². The first-order valence-corrected chi connectivity index (χ1v) is 5.40. The highest BCUT2D eigenvalue weighted by molar-refractivity contribution is 14.1. The number of aromatic nitrogens is 2. The molecule has 0 amide bonds. The fourth-order valence-electron chi connectivity index (χ4n) is 1.45. The third kappa shape index (κ3) is 1.71. The number of ether oxygens (including phenoxy) is 1. The van der Waals surface area contributed by atoms with E-state index in [4.69, 9.17) is 0 Å². The van der Waals surface area contributed by atoms with Crippen molar-refractivity contribution in [3.63, 3.8) is 0 Å². The van der Waals surface area contributed by atoms with E-state index in [-0.39, 0.29) is 0 Å². The first-order valence-electron chi connectivity index (χ1n) is 4.32. The van der Waals surface area contributed by atoms with Gasteiger partial charge in [-0.1, -0.05) is 0 Å². The summed E-state index contributed by atoms with van der Waals surface area (Å²) in [6, 6.07) is 1.74. The van der Waals surface area contributed by atoms with E-state index in [1.54, 1.807) is 12.3 Å². The van der Waals surface area contributed by atoms with Gasteiger partial charge in [0.15, 0.2) is 0 Å². The largest absolute Gasteiger partial charge is 0.464 e. The highest BCUT2D eigenvalue weighted by Crippen LogP contribution is 2.21. The van der Waals surface area contributed by atoms with Gasteiger partial charge in [-0.3, -0.25) is 0 Å². The topological polar surface area (TPSA) is 44.1 Å². The normalized spacial score (nSPS) is 10.6. The van der Waals surface area contributed by atoms with E-state index in [9.17, 15) is 4.79 Å². The van der Waals surface area contributed by atoms with Crippen LogP contribution >= 0.6 is 22.6 Å². The number of fused-ring (bicyclic) bond motifs is 1. The molecule has 15 heavy (non-hydrogen) atoms. The molecule has 0 aliphatic rings. The monoisotopic (exact) mass is 316 g/mol. The molecule has 0 saturated carbocycles. The third-order valence-electron chi connectivity index (χ3n) is 2.22. The van der Waals surface area contributed by atoms with Crippen LogP contribution in [-0.4, -0.2) is 22.6 Å². The van der Waals surface area contributed by atoms with Crippen molar-refractivity contribution in [2.75, 3.05) is 7.11 Å². The Hall–Kier alpha value is -1.11. The zero-order chi connectivity index (χ0) is 11.0. The molecule has 4 nitrogen and oxygen atoms in total. The Labute approximate surface area is 100 Å². The van der Waals surface area contributed by atoms with Crippen LogP contribution in [0.25, 0.3) is 10.9 Å². The predicted octanol–water partition coefficient (Wildman–Crippen LogP) is 1.96. The molecule has 0 aliphatic heterocycles. The van der Waals surface area contributed by atoms with Crippen molar-refractivity contribution < 1.29 is 9.53 Å². The number of aryl methyl sites for hydroxylation is 1. The van der Waals surface area contributed by atoms with Crippen molar-refractivity contribution in [3.05, 3.63) is 27.7 Å². The van der Waals surface area contributed by atoms with E-state index >= 15 is 0 Å². The maximum atomic E-state index is 11.3. The summed E-state index contributed by atoms with van der Waals surface area (Å²) in [6.45, 7) is 0. The third-order valence-corrected chi connectivity index (χ3v) is 3.08. The summed E-state index contributed by atoms with van der Waals surface area (Å²) in [5.41, 5.74) is 1.32. The lowest BCUT2D eigenvalue weighted by atomic mass is 10.3. The number of halogens is 1. The summed E-state index contributed by atoms with van der Waals surface area (Å²) in [5.74, 6) is -0.409. The van der Waals surface area contributed by atoms with Crippen LogP contribution in [-0.2, 0) is 11.8 Å². The van der Waals surface area contributed by atoms with Crippen LogP contribution in [0.15, 0.2) is 18.5 Å². The number of esters is 1. The summed E-state index contributed by atoms with van der Waals surface area (Å²) in [5, 5.41) is 1.05. The molecule has 5 heteroatoms. The number of hydrogen-bond donors (Lipinski definition) is 0. The molecular weight excluding hydrogens is 307 g/mol. The predicted molar refractivity (Wildman–Crippen MR) is 64.8 cm³/mol. The average molecular weight is 316 g/mol. The van der Waals surface area contributed by atoms with Crippen LogP contribution < -0.4 is 0 Å². The minimum Gasteiger partial charge on any atom is -0.464 e. The van der Waals surface area contributed by atoms with E-state index in [0.717, 1.165) is 14.5 Å². The molecule has 0 N–H and O–H groups in total. The highest BCUT2D eigenvalue weighted by Gasteiger charge is 2.11. The highest BCUT2D eigenvalue weighted by atomic mass is 127. The van der Waals surface area contributed by atoms with Crippen LogP contribution in [0.3, 0.4) is 0 Å². The Morgan fingerprint density at radius 3 is 3.00 bits per heavy atom. The summed E-state index contributed by atoms with van der Waals surface area (Å²) < 4.78 is 7.70. The summed E-state index contributed by atoms with van der Waals surface area (Å²) >= 11 is 2.24. The second kappa shape index (κ2) is 3.80. The number of carbonyl (C=O) groups excluding carboxylic acids is 1. The first-order chi connectivity index (χ1) is 7.13. The standard InChI is InChI=1S/C10H9IN2O2/c1-13-5-7(11)6-4-12-8(3-9(6)13)10(14)15-2/h3-5H,1-2H3. The van der Waals surface area contributed by atoms with Gasteiger partial charge < -0.3 is 9.30 Å². The molecule has 0 aliphatic carbocycles. The van der Waals surface area contributed by atoms with Crippen molar-refractivity contribution >= 4 is 39.5 Å². The zero-order valence-corrected chi connectivity index (χ0v) is 10.5. The van der Waals surface area contributed by atoms with Gasteiger partial charge in [0.25, 0.3) is 0 Å². The number of nitrogens with zero attached hydrogens (tertiary/aromatic N) is 2. The molecular formula is C10H9IN2O2. The van der Waals surface area contributed by atoms with Gasteiger partial charge in [-0.15, -0.1) is 0 Å². The molecule has 0 unspecified atom stereocenters. The quantitative estimate of drug-likeness (QED) is 0.597. The summed E-state index contributed by atoms with van der Waals surface area (Å²) in [7, 11) is 3.29. The first kappa shape index (κ1) is 10.4. The van der Waals surface area contributed by atoms with E-state index in [1.807, 2.05) is 17.8 Å².